The maximum atomic E-state index is 11.7. The van der Waals surface area contributed by atoms with E-state index >= 15 is 0 Å². The molecule has 0 saturated heterocycles. The molecule has 0 aromatic carbocycles. The molecule has 16 heavy (non-hydrogen) atoms. The molecular weight excluding hydrogens is 272 g/mol. The summed E-state index contributed by atoms with van der Waals surface area (Å²) in [5, 5.41) is 12.0. The zero-order valence-corrected chi connectivity index (χ0v) is 11.9. The summed E-state index contributed by atoms with van der Waals surface area (Å²) in [5.74, 6) is 0.508. The summed E-state index contributed by atoms with van der Waals surface area (Å²) in [6.45, 7) is 9.56. The molecule has 90 valence electrons. The quantitative estimate of drug-likeness (QED) is 0.795. The Hall–Kier alpha value is -0.780. The highest BCUT2D eigenvalue weighted by atomic mass is 79.9. The number of halogens is 1. The van der Waals surface area contributed by atoms with Crippen molar-refractivity contribution in [2.24, 2.45) is 0 Å². The molecule has 1 aromatic heterocycles. The average molecular weight is 289 g/mol. The van der Waals surface area contributed by atoms with Gasteiger partial charge < -0.3 is 0 Å². The van der Waals surface area contributed by atoms with Crippen LogP contribution in [0.5, 0.6) is 0 Å². The lowest BCUT2D eigenvalue weighted by atomic mass is 10.1. The average Bonchev–Trinajstić information content (AvgIpc) is 2.49. The van der Waals surface area contributed by atoms with Crippen molar-refractivity contribution in [2.75, 3.05) is 0 Å². The van der Waals surface area contributed by atoms with E-state index in [4.69, 9.17) is 0 Å². The van der Waals surface area contributed by atoms with Gasteiger partial charge in [0.25, 0.3) is 0 Å². The van der Waals surface area contributed by atoms with Crippen molar-refractivity contribution < 1.29 is 4.79 Å². The highest BCUT2D eigenvalue weighted by Crippen LogP contribution is 2.18. The van der Waals surface area contributed by atoms with Crippen molar-refractivity contribution in [1.82, 2.24) is 20.2 Å². The molecule has 0 aliphatic rings. The molecule has 0 spiro atoms. The Kier molecular flexibility index (Phi) is 3.52. The molecule has 0 fully saturated rings. The molecule has 0 aliphatic heterocycles. The van der Waals surface area contributed by atoms with Crippen molar-refractivity contribution in [1.29, 1.82) is 0 Å². The van der Waals surface area contributed by atoms with Crippen LogP contribution in [0.2, 0.25) is 0 Å². The number of carbonyl (C=O) groups is 1. The Balaban J connectivity index is 2.78. The number of alkyl halides is 1. The zero-order valence-electron chi connectivity index (χ0n) is 10.3. The Bertz CT molecular complexity index is 386. The second-order valence-electron chi connectivity index (χ2n) is 5.24. The topological polar surface area (TPSA) is 60.7 Å². The molecule has 0 unspecified atom stereocenters. The number of ketones is 1. The molecular formula is C10H17BrN4O. The fourth-order valence-electron chi connectivity index (χ4n) is 0.952. The molecule has 6 heteroatoms. The van der Waals surface area contributed by atoms with Gasteiger partial charge in [-0.25, -0.2) is 0 Å². The number of hydrogen-bond acceptors (Lipinski definition) is 4. The van der Waals surface area contributed by atoms with Crippen molar-refractivity contribution in [3.8, 4) is 0 Å². The lowest BCUT2D eigenvalue weighted by Gasteiger charge is -2.15. The van der Waals surface area contributed by atoms with E-state index in [1.165, 1.54) is 4.80 Å². The van der Waals surface area contributed by atoms with Crippen molar-refractivity contribution in [2.45, 2.75) is 50.9 Å². The van der Waals surface area contributed by atoms with Crippen molar-refractivity contribution >= 4 is 21.7 Å². The van der Waals surface area contributed by atoms with Crippen molar-refractivity contribution in [3.63, 3.8) is 0 Å². The lowest BCUT2D eigenvalue weighted by Crippen LogP contribution is -2.27. The van der Waals surface area contributed by atoms with Crippen LogP contribution in [0, 0.1) is 0 Å². The minimum Gasteiger partial charge on any atom is -0.298 e. The second kappa shape index (κ2) is 4.24. The molecule has 0 atom stereocenters. The normalized spacial score (nSPS) is 12.9. The van der Waals surface area contributed by atoms with Crippen LogP contribution in [0.3, 0.4) is 0 Å². The van der Waals surface area contributed by atoms with Gasteiger partial charge >= 0.3 is 0 Å². The third-order valence-electron chi connectivity index (χ3n) is 2.04. The van der Waals surface area contributed by atoms with E-state index in [0.717, 1.165) is 0 Å². The molecule has 1 heterocycles. The van der Waals surface area contributed by atoms with Crippen LogP contribution in [-0.2, 0) is 16.8 Å². The van der Waals surface area contributed by atoms with Gasteiger partial charge in [0, 0.05) is 0 Å². The van der Waals surface area contributed by atoms with E-state index < -0.39 is 4.32 Å². The molecule has 0 radical (unpaired) electrons. The number of carbonyl (C=O) groups excluding carboxylic acids is 1. The molecule has 0 bridgehead atoms. The standard InChI is InChI=1S/C10H17BrN4O/c1-9(2,3)15-13-8(12-14-15)6-7(16)10(4,5)11/h6H2,1-5H3. The van der Waals surface area contributed by atoms with Crippen LogP contribution < -0.4 is 0 Å². The number of Topliss-reactive ketones (excluding diaryl/α,β-unsaturated/α-hetero) is 1. The van der Waals surface area contributed by atoms with Gasteiger partial charge in [-0.05, 0) is 39.8 Å². The molecule has 1 aromatic rings. The van der Waals surface area contributed by atoms with Gasteiger partial charge in [0.2, 0.25) is 0 Å². The van der Waals surface area contributed by atoms with Crippen LogP contribution >= 0.6 is 15.9 Å². The Morgan fingerprint density at radius 3 is 2.25 bits per heavy atom. The van der Waals surface area contributed by atoms with Crippen LogP contribution in [0.25, 0.3) is 0 Å². The maximum absolute atomic E-state index is 11.7. The number of hydrogen-bond donors (Lipinski definition) is 0. The summed E-state index contributed by atoms with van der Waals surface area (Å²) < 4.78 is -0.541. The third kappa shape index (κ3) is 3.37. The zero-order chi connectivity index (χ0) is 12.6. The first-order chi connectivity index (χ1) is 7.10. The highest BCUT2D eigenvalue weighted by Gasteiger charge is 2.26. The van der Waals surface area contributed by atoms with Crippen LogP contribution in [0.15, 0.2) is 0 Å². The van der Waals surface area contributed by atoms with Crippen LogP contribution in [0.4, 0.5) is 0 Å². The number of rotatable bonds is 3. The predicted octanol–water partition coefficient (Wildman–Crippen LogP) is 1.71. The Morgan fingerprint density at radius 1 is 1.31 bits per heavy atom. The van der Waals surface area contributed by atoms with Gasteiger partial charge in [-0.1, -0.05) is 15.9 Å². The molecule has 0 saturated carbocycles. The van der Waals surface area contributed by atoms with E-state index in [0.29, 0.717) is 5.82 Å². The van der Waals surface area contributed by atoms with E-state index in [-0.39, 0.29) is 17.7 Å². The summed E-state index contributed by atoms with van der Waals surface area (Å²) in [4.78, 5) is 13.3. The summed E-state index contributed by atoms with van der Waals surface area (Å²) in [7, 11) is 0. The first-order valence-electron chi connectivity index (χ1n) is 5.12. The first-order valence-corrected chi connectivity index (χ1v) is 5.91. The van der Waals surface area contributed by atoms with Gasteiger partial charge in [0.15, 0.2) is 11.6 Å². The number of tetrazole rings is 1. The molecule has 1 rings (SSSR count). The predicted molar refractivity (Wildman–Crippen MR) is 64.5 cm³/mol. The summed E-state index contributed by atoms with van der Waals surface area (Å²) in [5.41, 5.74) is -0.210. The van der Waals surface area contributed by atoms with Gasteiger partial charge in [-0.15, -0.1) is 10.2 Å². The molecule has 5 nitrogen and oxygen atoms in total. The minimum atomic E-state index is -0.541. The van der Waals surface area contributed by atoms with Crippen LogP contribution in [-0.4, -0.2) is 30.3 Å². The smallest absolute Gasteiger partial charge is 0.182 e. The highest BCUT2D eigenvalue weighted by molar-refractivity contribution is 9.10. The van der Waals surface area contributed by atoms with E-state index in [9.17, 15) is 4.79 Å². The van der Waals surface area contributed by atoms with Gasteiger partial charge in [0.05, 0.1) is 16.3 Å². The number of aromatic nitrogens is 4. The molecule has 0 aliphatic carbocycles. The minimum absolute atomic E-state index is 0.0426. The first kappa shape index (κ1) is 13.3. The fraction of sp³-hybridized carbons (Fsp3) is 0.800. The summed E-state index contributed by atoms with van der Waals surface area (Å²) >= 11 is 3.32. The number of nitrogens with zero attached hydrogens (tertiary/aromatic N) is 4. The van der Waals surface area contributed by atoms with E-state index in [1.807, 2.05) is 34.6 Å². The summed E-state index contributed by atoms with van der Waals surface area (Å²) in [6.07, 6.45) is 0.203. The van der Waals surface area contributed by atoms with E-state index in [2.05, 4.69) is 31.3 Å². The largest absolute Gasteiger partial charge is 0.298 e. The lowest BCUT2D eigenvalue weighted by molar-refractivity contribution is -0.119. The maximum Gasteiger partial charge on any atom is 0.182 e. The fourth-order valence-corrected chi connectivity index (χ4v) is 1.09. The SMILES string of the molecule is CC(C)(Br)C(=O)Cc1nnn(C(C)(C)C)n1. The van der Waals surface area contributed by atoms with Gasteiger partial charge in [0.1, 0.15) is 0 Å². The van der Waals surface area contributed by atoms with Crippen molar-refractivity contribution in [3.05, 3.63) is 5.82 Å². The monoisotopic (exact) mass is 288 g/mol. The molecule has 0 N–H and O–H groups in total. The Morgan fingerprint density at radius 2 is 1.88 bits per heavy atom. The summed E-state index contributed by atoms with van der Waals surface area (Å²) in [6, 6.07) is 0. The van der Waals surface area contributed by atoms with Gasteiger partial charge in [-0.2, -0.15) is 4.80 Å². The van der Waals surface area contributed by atoms with Crippen LogP contribution in [0.1, 0.15) is 40.4 Å². The molecule has 0 amide bonds. The second-order valence-corrected chi connectivity index (χ2v) is 7.22. The van der Waals surface area contributed by atoms with Gasteiger partial charge in [-0.3, -0.25) is 4.79 Å². The van der Waals surface area contributed by atoms with E-state index in [1.54, 1.807) is 0 Å². The third-order valence-corrected chi connectivity index (χ3v) is 2.48. The Labute approximate surface area is 104 Å².